The number of aromatic hydroxyl groups is 1. The van der Waals surface area contributed by atoms with E-state index in [2.05, 4.69) is 9.71 Å². The summed E-state index contributed by atoms with van der Waals surface area (Å²) in [7, 11) is -2.07. The zero-order valence-corrected chi connectivity index (χ0v) is 16.9. The Kier molecular flexibility index (Phi) is 7.76. The minimum absolute atomic E-state index is 0.0175. The van der Waals surface area contributed by atoms with Crippen LogP contribution in [-0.4, -0.2) is 49.6 Å². The van der Waals surface area contributed by atoms with Crippen molar-refractivity contribution in [2.45, 2.75) is 57.5 Å². The highest BCUT2D eigenvalue weighted by Crippen LogP contribution is 2.34. The normalized spacial score (nSPS) is 20.4. The Hall–Kier alpha value is -2.20. The van der Waals surface area contributed by atoms with Gasteiger partial charge in [-0.15, -0.1) is 0 Å². The number of rotatable bonds is 9. The van der Waals surface area contributed by atoms with E-state index in [1.807, 2.05) is 6.92 Å². The molecular formula is C18H27N3O6S. The van der Waals surface area contributed by atoms with Gasteiger partial charge in [-0.3, -0.25) is 15.1 Å². The van der Waals surface area contributed by atoms with Crippen LogP contribution in [0.1, 0.15) is 51.0 Å². The number of ether oxygens (including phenoxy) is 1. The van der Waals surface area contributed by atoms with Gasteiger partial charge >= 0.3 is 0 Å². The first kappa shape index (κ1) is 22.1. The van der Waals surface area contributed by atoms with E-state index in [9.17, 15) is 23.6 Å². The molecule has 28 heavy (non-hydrogen) atoms. The van der Waals surface area contributed by atoms with Crippen LogP contribution in [0.2, 0.25) is 0 Å². The number of hydrogen-bond acceptors (Lipinski definition) is 7. The van der Waals surface area contributed by atoms with E-state index in [-0.39, 0.29) is 40.6 Å². The van der Waals surface area contributed by atoms with Crippen molar-refractivity contribution in [2.75, 3.05) is 12.9 Å². The molecule has 2 rings (SSSR count). The highest BCUT2D eigenvalue weighted by molar-refractivity contribution is 7.89. The SMILES string of the molecule is CCCCS(=O)(=O)N[C@@H]1CCCC[C@H]1N=Cc1cc([N+](=O)[O-])cc(OC)c1O. The number of benzene rings is 1. The zero-order valence-electron chi connectivity index (χ0n) is 16.1. The lowest BCUT2D eigenvalue weighted by atomic mass is 9.91. The smallest absolute Gasteiger partial charge is 0.274 e. The second-order valence-electron chi connectivity index (χ2n) is 6.87. The Balaban J connectivity index is 2.23. The van der Waals surface area contributed by atoms with E-state index in [1.54, 1.807) is 0 Å². The fraction of sp³-hybridized carbons (Fsp3) is 0.611. The number of nitrogens with zero attached hydrogens (tertiary/aromatic N) is 2. The van der Waals surface area contributed by atoms with Gasteiger partial charge < -0.3 is 9.84 Å². The summed E-state index contributed by atoms with van der Waals surface area (Å²) in [4.78, 5) is 14.9. The quantitative estimate of drug-likeness (QED) is 0.363. The number of nitro benzene ring substituents is 1. The maximum Gasteiger partial charge on any atom is 0.274 e. The summed E-state index contributed by atoms with van der Waals surface area (Å²) in [6.07, 6.45) is 5.94. The number of nitrogens with one attached hydrogen (secondary N) is 1. The van der Waals surface area contributed by atoms with E-state index in [4.69, 9.17) is 4.74 Å². The van der Waals surface area contributed by atoms with Gasteiger partial charge in [-0.25, -0.2) is 13.1 Å². The summed E-state index contributed by atoms with van der Waals surface area (Å²) >= 11 is 0. The van der Waals surface area contributed by atoms with Gasteiger partial charge in [0.15, 0.2) is 11.5 Å². The molecule has 1 saturated carbocycles. The van der Waals surface area contributed by atoms with Gasteiger partial charge in [0, 0.05) is 23.9 Å². The predicted octanol–water partition coefficient (Wildman–Crippen LogP) is 2.76. The van der Waals surface area contributed by atoms with Gasteiger partial charge in [0.2, 0.25) is 10.0 Å². The van der Waals surface area contributed by atoms with E-state index in [0.29, 0.717) is 19.3 Å². The lowest BCUT2D eigenvalue weighted by molar-refractivity contribution is -0.385. The van der Waals surface area contributed by atoms with E-state index in [1.165, 1.54) is 19.4 Å². The van der Waals surface area contributed by atoms with Gasteiger partial charge in [-0.05, 0) is 19.3 Å². The molecular weight excluding hydrogens is 386 g/mol. The van der Waals surface area contributed by atoms with E-state index >= 15 is 0 Å². The Morgan fingerprint density at radius 2 is 2.11 bits per heavy atom. The third-order valence-corrected chi connectivity index (χ3v) is 6.24. The van der Waals surface area contributed by atoms with Crippen molar-refractivity contribution in [1.82, 2.24) is 4.72 Å². The van der Waals surface area contributed by atoms with Gasteiger partial charge in [0.1, 0.15) is 0 Å². The minimum atomic E-state index is -3.38. The molecule has 0 bridgehead atoms. The molecule has 0 aliphatic heterocycles. The van der Waals surface area contributed by atoms with Crippen LogP contribution in [0.3, 0.4) is 0 Å². The average Bonchev–Trinajstić information content (AvgIpc) is 2.66. The number of aliphatic imine (C=N–C) groups is 1. The number of non-ortho nitro benzene ring substituents is 1. The molecule has 0 aromatic heterocycles. The molecule has 9 nitrogen and oxygen atoms in total. The van der Waals surface area contributed by atoms with Crippen LogP contribution in [0.15, 0.2) is 17.1 Å². The number of hydrogen-bond donors (Lipinski definition) is 2. The third-order valence-electron chi connectivity index (χ3n) is 4.75. The number of nitro groups is 1. The molecule has 10 heteroatoms. The zero-order chi connectivity index (χ0) is 20.7. The first-order chi connectivity index (χ1) is 13.3. The largest absolute Gasteiger partial charge is 0.504 e. The average molecular weight is 413 g/mol. The van der Waals surface area contributed by atoms with Gasteiger partial charge in [0.05, 0.1) is 29.9 Å². The van der Waals surface area contributed by atoms with Crippen LogP contribution < -0.4 is 9.46 Å². The van der Waals surface area contributed by atoms with Crippen molar-refractivity contribution >= 4 is 21.9 Å². The summed E-state index contributed by atoms with van der Waals surface area (Å²) < 4.78 is 32.2. The van der Waals surface area contributed by atoms with Crippen molar-refractivity contribution in [3.8, 4) is 11.5 Å². The lowest BCUT2D eigenvalue weighted by Crippen LogP contribution is -2.45. The third kappa shape index (κ3) is 5.90. The standard InChI is InChI=1S/C18H27N3O6S/c1-3-4-9-28(25,26)20-16-8-6-5-7-15(16)19-12-13-10-14(21(23)24)11-17(27-2)18(13)22/h10-12,15-16,20,22H,3-9H2,1-2H3/t15-,16-/m1/s1. The highest BCUT2D eigenvalue weighted by Gasteiger charge is 2.28. The van der Waals surface area contributed by atoms with Crippen LogP contribution in [0.5, 0.6) is 11.5 Å². The van der Waals surface area contributed by atoms with Crippen molar-refractivity contribution in [2.24, 2.45) is 4.99 Å². The molecule has 0 saturated heterocycles. The summed E-state index contributed by atoms with van der Waals surface area (Å²) in [6, 6.07) is 1.73. The fourth-order valence-corrected chi connectivity index (χ4v) is 4.72. The van der Waals surface area contributed by atoms with Crippen LogP contribution in [0.25, 0.3) is 0 Å². The van der Waals surface area contributed by atoms with Crippen molar-refractivity contribution in [3.05, 3.63) is 27.8 Å². The molecule has 156 valence electrons. The maximum atomic E-state index is 12.2. The van der Waals surface area contributed by atoms with Crippen LogP contribution in [0, 0.1) is 10.1 Å². The number of methoxy groups -OCH3 is 1. The molecule has 1 fully saturated rings. The Labute approximate surface area is 165 Å². The van der Waals surface area contributed by atoms with Gasteiger partial charge in [-0.1, -0.05) is 26.2 Å². The topological polar surface area (TPSA) is 131 Å². The predicted molar refractivity (Wildman–Crippen MR) is 107 cm³/mol. The molecule has 0 heterocycles. The molecule has 1 aliphatic rings. The molecule has 1 aromatic rings. The molecule has 0 spiro atoms. The molecule has 0 unspecified atom stereocenters. The van der Waals surface area contributed by atoms with Crippen molar-refractivity contribution < 1.29 is 23.2 Å². The Morgan fingerprint density at radius 1 is 1.39 bits per heavy atom. The number of unbranched alkanes of at least 4 members (excludes halogenated alkanes) is 1. The van der Waals surface area contributed by atoms with Crippen LogP contribution in [-0.2, 0) is 10.0 Å². The van der Waals surface area contributed by atoms with Crippen molar-refractivity contribution in [3.63, 3.8) is 0 Å². The first-order valence-corrected chi connectivity index (χ1v) is 11.0. The summed E-state index contributed by atoms with van der Waals surface area (Å²) in [5, 5.41) is 21.3. The van der Waals surface area contributed by atoms with E-state index in [0.717, 1.165) is 25.3 Å². The van der Waals surface area contributed by atoms with Gasteiger partial charge in [-0.2, -0.15) is 0 Å². The number of sulfonamides is 1. The molecule has 0 amide bonds. The fourth-order valence-electron chi connectivity index (χ4n) is 3.20. The summed E-state index contributed by atoms with van der Waals surface area (Å²) in [5.74, 6) is -0.178. The summed E-state index contributed by atoms with van der Waals surface area (Å²) in [5.41, 5.74) is -0.0687. The molecule has 0 radical (unpaired) electrons. The van der Waals surface area contributed by atoms with Gasteiger partial charge in [0.25, 0.3) is 5.69 Å². The first-order valence-electron chi connectivity index (χ1n) is 9.36. The second kappa shape index (κ2) is 9.83. The number of phenolic OH excluding ortho intramolecular Hbond substituents is 1. The monoisotopic (exact) mass is 413 g/mol. The Bertz CT molecular complexity index is 825. The van der Waals surface area contributed by atoms with Crippen LogP contribution >= 0.6 is 0 Å². The molecule has 1 aromatic carbocycles. The molecule has 2 atom stereocenters. The highest BCUT2D eigenvalue weighted by atomic mass is 32.2. The lowest BCUT2D eigenvalue weighted by Gasteiger charge is -2.29. The molecule has 2 N–H and O–H groups in total. The Morgan fingerprint density at radius 3 is 2.75 bits per heavy atom. The van der Waals surface area contributed by atoms with Crippen LogP contribution in [0.4, 0.5) is 5.69 Å². The number of phenols is 1. The second-order valence-corrected chi connectivity index (χ2v) is 8.74. The molecule has 1 aliphatic carbocycles. The maximum absolute atomic E-state index is 12.2. The van der Waals surface area contributed by atoms with Crippen molar-refractivity contribution in [1.29, 1.82) is 0 Å². The minimum Gasteiger partial charge on any atom is -0.504 e. The van der Waals surface area contributed by atoms with E-state index < -0.39 is 14.9 Å². The summed E-state index contributed by atoms with van der Waals surface area (Å²) in [6.45, 7) is 1.93.